The Labute approximate surface area is 243 Å². The number of aromatic nitrogens is 2. The van der Waals surface area contributed by atoms with Crippen LogP contribution < -0.4 is 15.5 Å². The second-order valence-corrected chi connectivity index (χ2v) is 11.6. The van der Waals surface area contributed by atoms with Crippen LogP contribution in [-0.2, 0) is 22.5 Å². The van der Waals surface area contributed by atoms with Crippen molar-refractivity contribution in [3.63, 3.8) is 0 Å². The molecule has 2 N–H and O–H groups in total. The summed E-state index contributed by atoms with van der Waals surface area (Å²) >= 11 is 1.76. The first kappa shape index (κ1) is 28.8. The molecule has 0 radical (unpaired) electrons. The first-order chi connectivity index (χ1) is 19.9. The number of ether oxygens (including phenoxy) is 1. The number of likely N-dealkylation sites (N-methyl/N-ethyl adjacent to an activating group) is 1. The zero-order valence-electron chi connectivity index (χ0n) is 23.3. The number of nitrogens with one attached hydrogen (secondary N) is 2. The molecule has 2 unspecified atom stereocenters. The molecule has 0 bridgehead atoms. The monoisotopic (exact) mass is 578 g/mol. The van der Waals surface area contributed by atoms with Crippen molar-refractivity contribution in [1.29, 1.82) is 5.26 Å². The van der Waals surface area contributed by atoms with E-state index in [1.165, 1.54) is 11.1 Å². The minimum absolute atomic E-state index is 0.0121. The van der Waals surface area contributed by atoms with E-state index in [9.17, 15) is 19.6 Å². The van der Waals surface area contributed by atoms with Gasteiger partial charge in [-0.05, 0) is 44.2 Å². The van der Waals surface area contributed by atoms with Gasteiger partial charge in [0.05, 0.1) is 30.4 Å². The summed E-state index contributed by atoms with van der Waals surface area (Å²) in [4.78, 5) is 52.0. The summed E-state index contributed by atoms with van der Waals surface area (Å²) in [6.45, 7) is 3.66. The maximum absolute atomic E-state index is 13.4. The van der Waals surface area contributed by atoms with Gasteiger partial charge >= 0.3 is 6.03 Å². The molecule has 3 aliphatic rings. The van der Waals surface area contributed by atoms with Crippen molar-refractivity contribution < 1.29 is 19.1 Å². The lowest BCUT2D eigenvalue weighted by Gasteiger charge is -2.33. The Hall–Kier alpha value is -3.73. The van der Waals surface area contributed by atoms with E-state index in [-0.39, 0.29) is 17.6 Å². The topological polar surface area (TPSA) is 144 Å². The normalized spacial score (nSPS) is 21.1. The number of hydrogen-bond acceptors (Lipinski definition) is 10. The van der Waals surface area contributed by atoms with Gasteiger partial charge in [0.1, 0.15) is 23.4 Å². The molecule has 2 fully saturated rings. The molecular weight excluding hydrogens is 544 g/mol. The van der Waals surface area contributed by atoms with Gasteiger partial charge in [0, 0.05) is 55.9 Å². The third-order valence-electron chi connectivity index (χ3n) is 7.70. The first-order valence-corrected chi connectivity index (χ1v) is 15.0. The third kappa shape index (κ3) is 6.45. The van der Waals surface area contributed by atoms with Crippen molar-refractivity contribution in [2.24, 2.45) is 0 Å². The Morgan fingerprint density at radius 2 is 2.17 bits per heavy atom. The summed E-state index contributed by atoms with van der Waals surface area (Å²) in [7, 11) is 1.91. The number of fused-ring (bicyclic) bond motifs is 1. The lowest BCUT2D eigenvalue weighted by Crippen LogP contribution is -2.48. The Morgan fingerprint density at radius 3 is 2.93 bits per heavy atom. The Bertz CT molecular complexity index is 1370. The van der Waals surface area contributed by atoms with Crippen LogP contribution in [-0.4, -0.2) is 102 Å². The van der Waals surface area contributed by atoms with E-state index in [0.29, 0.717) is 85.8 Å². The zero-order chi connectivity index (χ0) is 28.9. The van der Waals surface area contributed by atoms with E-state index < -0.39 is 6.03 Å². The number of rotatable bonds is 7. The van der Waals surface area contributed by atoms with Crippen LogP contribution in [0, 0.1) is 11.3 Å². The number of urea groups is 1. The van der Waals surface area contributed by atoms with Crippen LogP contribution in [0.5, 0.6) is 0 Å². The van der Waals surface area contributed by atoms with Crippen molar-refractivity contribution in [1.82, 2.24) is 19.8 Å². The van der Waals surface area contributed by atoms with Crippen LogP contribution in [0.25, 0.3) is 0 Å². The molecular formula is C28H34N8O4S. The molecule has 2 aromatic heterocycles. The highest BCUT2D eigenvalue weighted by atomic mass is 32.2. The highest BCUT2D eigenvalue weighted by Gasteiger charge is 2.29. The van der Waals surface area contributed by atoms with Gasteiger partial charge in [0.2, 0.25) is 5.91 Å². The van der Waals surface area contributed by atoms with E-state index in [4.69, 9.17) is 4.74 Å². The van der Waals surface area contributed by atoms with E-state index in [2.05, 4.69) is 32.9 Å². The number of aldehydes is 1. The number of amides is 3. The second kappa shape index (κ2) is 12.8. The molecule has 2 aromatic rings. The van der Waals surface area contributed by atoms with Gasteiger partial charge in [-0.2, -0.15) is 17.0 Å². The molecule has 12 nitrogen and oxygen atoms in total. The van der Waals surface area contributed by atoms with Crippen molar-refractivity contribution in [2.75, 3.05) is 68.2 Å². The van der Waals surface area contributed by atoms with Gasteiger partial charge in [-0.25, -0.2) is 14.8 Å². The third-order valence-corrected chi connectivity index (χ3v) is 8.87. The van der Waals surface area contributed by atoms with Gasteiger partial charge in [0.25, 0.3) is 0 Å². The average molecular weight is 579 g/mol. The van der Waals surface area contributed by atoms with E-state index in [0.717, 1.165) is 24.9 Å². The van der Waals surface area contributed by atoms with E-state index >= 15 is 0 Å². The van der Waals surface area contributed by atoms with Crippen LogP contribution in [0.15, 0.2) is 18.3 Å². The summed E-state index contributed by atoms with van der Waals surface area (Å²) < 4.78 is 5.64. The van der Waals surface area contributed by atoms with Crippen molar-refractivity contribution in [2.45, 2.75) is 37.1 Å². The molecule has 216 valence electrons. The van der Waals surface area contributed by atoms with Crippen LogP contribution in [0.4, 0.5) is 22.1 Å². The Morgan fingerprint density at radius 1 is 1.32 bits per heavy atom. The molecule has 3 aliphatic heterocycles. The van der Waals surface area contributed by atoms with Gasteiger partial charge in [0.15, 0.2) is 6.29 Å². The summed E-state index contributed by atoms with van der Waals surface area (Å²) in [5.74, 6) is 0.735. The molecule has 0 saturated carbocycles. The van der Waals surface area contributed by atoms with E-state index in [1.807, 2.05) is 18.0 Å². The van der Waals surface area contributed by atoms with E-state index in [1.54, 1.807) is 22.7 Å². The van der Waals surface area contributed by atoms with Crippen molar-refractivity contribution in [3.8, 4) is 6.07 Å². The standard InChI is InChI=1S/C28H34N8O4S/c1-34-7-8-35(26(38)15-34)14-19-10-18-4-3-6-36(27(18)32-22(19)16-37)28(39)33-25-11-21(20(12-29)13-30-25)31-23-17-40-9-5-24(23)41-2/h10-11,13,16,23-24H,3-9,14-15,17H2,1-2H3,(H2,30,31,33,39). The lowest BCUT2D eigenvalue weighted by atomic mass is 10.0. The van der Waals surface area contributed by atoms with Crippen molar-refractivity contribution >= 4 is 47.3 Å². The maximum Gasteiger partial charge on any atom is 0.328 e. The number of hydrogen-bond donors (Lipinski definition) is 2. The average Bonchev–Trinajstić information content (AvgIpc) is 2.98. The van der Waals surface area contributed by atoms with Gasteiger partial charge in [-0.1, -0.05) is 0 Å². The predicted octanol–water partition coefficient (Wildman–Crippen LogP) is 2.35. The molecule has 3 amide bonds. The number of nitrogens with zero attached hydrogens (tertiary/aromatic N) is 6. The molecule has 13 heteroatoms. The number of piperazine rings is 1. The van der Waals surface area contributed by atoms with Gasteiger partial charge < -0.3 is 15.0 Å². The fourth-order valence-corrected chi connectivity index (χ4v) is 6.23. The molecule has 5 heterocycles. The van der Waals surface area contributed by atoms with Crippen LogP contribution >= 0.6 is 11.8 Å². The van der Waals surface area contributed by atoms with Crippen molar-refractivity contribution in [3.05, 3.63) is 40.7 Å². The lowest BCUT2D eigenvalue weighted by molar-refractivity contribution is -0.136. The number of anilines is 3. The molecule has 2 atom stereocenters. The molecule has 0 aliphatic carbocycles. The minimum atomic E-state index is -0.427. The van der Waals surface area contributed by atoms with Gasteiger partial charge in [-0.15, -0.1) is 0 Å². The largest absolute Gasteiger partial charge is 0.379 e. The number of thioether (sulfide) groups is 1. The minimum Gasteiger partial charge on any atom is -0.379 e. The number of aryl methyl sites for hydroxylation is 1. The second-order valence-electron chi connectivity index (χ2n) is 10.5. The smallest absolute Gasteiger partial charge is 0.328 e. The first-order valence-electron chi connectivity index (χ1n) is 13.7. The maximum atomic E-state index is 13.4. The van der Waals surface area contributed by atoms with Crippen LogP contribution in [0.3, 0.4) is 0 Å². The summed E-state index contributed by atoms with van der Waals surface area (Å²) in [5.41, 5.74) is 2.70. The number of nitriles is 1. The predicted molar refractivity (Wildman–Crippen MR) is 156 cm³/mol. The molecule has 2 saturated heterocycles. The number of carbonyl (C=O) groups excluding carboxylic acids is 3. The fourth-order valence-electron chi connectivity index (χ4n) is 5.43. The van der Waals surface area contributed by atoms with Crippen LogP contribution in [0.1, 0.15) is 40.0 Å². The Kier molecular flexibility index (Phi) is 9.02. The summed E-state index contributed by atoms with van der Waals surface area (Å²) in [5, 5.41) is 16.2. The highest BCUT2D eigenvalue weighted by molar-refractivity contribution is 7.99. The molecule has 0 aromatic carbocycles. The molecule has 0 spiro atoms. The van der Waals surface area contributed by atoms with Gasteiger partial charge in [-0.3, -0.25) is 24.7 Å². The summed E-state index contributed by atoms with van der Waals surface area (Å²) in [6, 6.07) is 5.31. The number of carbonyl (C=O) groups is 3. The highest BCUT2D eigenvalue weighted by Crippen LogP contribution is 2.30. The number of pyridine rings is 2. The SMILES string of the molecule is CSC1CCOCC1Nc1cc(NC(=O)N2CCCc3cc(CN4CCN(C)CC4=O)c(C=O)nc32)ncc1C#N. The fraction of sp³-hybridized carbons (Fsp3) is 0.500. The Balaban J connectivity index is 1.34. The summed E-state index contributed by atoms with van der Waals surface area (Å²) in [6.07, 6.45) is 6.52. The zero-order valence-corrected chi connectivity index (χ0v) is 24.1. The molecule has 5 rings (SSSR count). The van der Waals surface area contributed by atoms with Crippen LogP contribution in [0.2, 0.25) is 0 Å². The quantitative estimate of drug-likeness (QED) is 0.470. The molecule has 41 heavy (non-hydrogen) atoms.